The maximum absolute atomic E-state index is 12.7. The number of carbonyl (C=O) groups is 1. The van der Waals surface area contributed by atoms with Crippen molar-refractivity contribution in [1.29, 1.82) is 0 Å². The molecule has 1 saturated carbocycles. The van der Waals surface area contributed by atoms with Crippen molar-refractivity contribution in [2.45, 2.75) is 44.8 Å². The zero-order valence-corrected chi connectivity index (χ0v) is 14.1. The smallest absolute Gasteiger partial charge is 0.226 e. The van der Waals surface area contributed by atoms with Gasteiger partial charge in [-0.15, -0.1) is 0 Å². The van der Waals surface area contributed by atoms with E-state index < -0.39 is 6.10 Å². The number of aliphatic hydroxyl groups excluding tert-OH is 1. The Kier molecular flexibility index (Phi) is 5.00. The molecular formula is C21H25NO2. The maximum Gasteiger partial charge on any atom is 0.226 e. The van der Waals surface area contributed by atoms with Crippen molar-refractivity contribution in [2.24, 2.45) is 5.41 Å². The molecule has 2 aromatic rings. The van der Waals surface area contributed by atoms with Crippen LogP contribution >= 0.6 is 0 Å². The van der Waals surface area contributed by atoms with Gasteiger partial charge in [0.1, 0.15) is 0 Å². The average molecular weight is 323 g/mol. The van der Waals surface area contributed by atoms with Crippen molar-refractivity contribution in [1.82, 2.24) is 5.32 Å². The van der Waals surface area contributed by atoms with Crippen molar-refractivity contribution in [3.05, 3.63) is 71.8 Å². The fourth-order valence-corrected chi connectivity index (χ4v) is 3.11. The zero-order chi connectivity index (χ0) is 17.0. The average Bonchev–Trinajstić information content (AvgIpc) is 3.37. The summed E-state index contributed by atoms with van der Waals surface area (Å²) in [5.74, 6) is 0.0750. The van der Waals surface area contributed by atoms with Gasteiger partial charge in [0.2, 0.25) is 5.91 Å². The van der Waals surface area contributed by atoms with Gasteiger partial charge < -0.3 is 10.4 Å². The van der Waals surface area contributed by atoms with Crippen LogP contribution in [0.3, 0.4) is 0 Å². The first kappa shape index (κ1) is 16.7. The Bertz CT molecular complexity index is 665. The van der Waals surface area contributed by atoms with E-state index in [2.05, 4.69) is 17.4 Å². The minimum absolute atomic E-state index is 0.0750. The highest BCUT2D eigenvalue weighted by Crippen LogP contribution is 2.48. The summed E-state index contributed by atoms with van der Waals surface area (Å²) in [6.07, 6.45) is 2.60. The molecule has 0 bridgehead atoms. The Morgan fingerprint density at radius 3 is 2.12 bits per heavy atom. The third kappa shape index (κ3) is 4.04. The summed E-state index contributed by atoms with van der Waals surface area (Å²) in [4.78, 5) is 12.7. The molecule has 0 saturated heterocycles. The maximum atomic E-state index is 12.7. The lowest BCUT2D eigenvalue weighted by Crippen LogP contribution is -2.45. The van der Waals surface area contributed by atoms with Crippen molar-refractivity contribution in [3.63, 3.8) is 0 Å². The van der Waals surface area contributed by atoms with E-state index in [9.17, 15) is 9.90 Å². The number of benzene rings is 2. The van der Waals surface area contributed by atoms with Crippen LogP contribution in [0.1, 0.15) is 30.9 Å². The van der Waals surface area contributed by atoms with E-state index in [1.54, 1.807) is 0 Å². The molecule has 1 aliphatic rings. The standard InChI is InChI=1S/C21H25NO2/c1-16(19(23)14-17-8-4-2-5-9-17)22-20(24)21(12-13-21)15-18-10-6-3-7-11-18/h2-11,16,19,23H,12-15H2,1H3,(H,22,24). The van der Waals surface area contributed by atoms with Gasteiger partial charge in [-0.1, -0.05) is 60.7 Å². The molecular weight excluding hydrogens is 298 g/mol. The highest BCUT2D eigenvalue weighted by Gasteiger charge is 2.49. The van der Waals surface area contributed by atoms with Crippen LogP contribution in [0.5, 0.6) is 0 Å². The highest BCUT2D eigenvalue weighted by molar-refractivity contribution is 5.85. The molecule has 24 heavy (non-hydrogen) atoms. The number of rotatable bonds is 7. The minimum Gasteiger partial charge on any atom is -0.391 e. The first-order valence-corrected chi connectivity index (χ1v) is 8.66. The molecule has 1 fully saturated rings. The molecule has 3 nitrogen and oxygen atoms in total. The molecule has 2 unspecified atom stereocenters. The van der Waals surface area contributed by atoms with Gasteiger partial charge in [-0.2, -0.15) is 0 Å². The number of aliphatic hydroxyl groups is 1. The van der Waals surface area contributed by atoms with Gasteiger partial charge in [-0.3, -0.25) is 4.79 Å². The first-order valence-electron chi connectivity index (χ1n) is 8.66. The number of nitrogens with one attached hydrogen (secondary N) is 1. The highest BCUT2D eigenvalue weighted by atomic mass is 16.3. The van der Waals surface area contributed by atoms with E-state index >= 15 is 0 Å². The monoisotopic (exact) mass is 323 g/mol. The Labute approximate surface area is 143 Å². The second-order valence-electron chi connectivity index (χ2n) is 6.96. The first-order chi connectivity index (χ1) is 11.6. The summed E-state index contributed by atoms with van der Waals surface area (Å²) in [5, 5.41) is 13.4. The van der Waals surface area contributed by atoms with Gasteiger partial charge in [0.15, 0.2) is 0 Å². The summed E-state index contributed by atoms with van der Waals surface area (Å²) < 4.78 is 0. The summed E-state index contributed by atoms with van der Waals surface area (Å²) in [7, 11) is 0. The lowest BCUT2D eigenvalue weighted by Gasteiger charge is -2.23. The van der Waals surface area contributed by atoms with Crippen LogP contribution in [0.25, 0.3) is 0 Å². The molecule has 1 aliphatic carbocycles. The second kappa shape index (κ2) is 7.18. The molecule has 0 aromatic heterocycles. The Morgan fingerprint density at radius 2 is 1.58 bits per heavy atom. The number of amides is 1. The Balaban J connectivity index is 1.56. The summed E-state index contributed by atoms with van der Waals surface area (Å²) in [6, 6.07) is 19.8. The molecule has 0 spiro atoms. The summed E-state index contributed by atoms with van der Waals surface area (Å²) in [5.41, 5.74) is 2.00. The van der Waals surface area contributed by atoms with E-state index in [-0.39, 0.29) is 17.4 Å². The molecule has 3 heteroatoms. The fourth-order valence-electron chi connectivity index (χ4n) is 3.11. The van der Waals surface area contributed by atoms with Gasteiger partial charge in [0.05, 0.1) is 17.6 Å². The van der Waals surface area contributed by atoms with Gasteiger partial charge >= 0.3 is 0 Å². The Morgan fingerprint density at radius 1 is 1.04 bits per heavy atom. The molecule has 2 aromatic carbocycles. The van der Waals surface area contributed by atoms with E-state index in [1.165, 1.54) is 5.56 Å². The van der Waals surface area contributed by atoms with Crippen LogP contribution in [0.4, 0.5) is 0 Å². The minimum atomic E-state index is -0.580. The fraction of sp³-hybridized carbons (Fsp3) is 0.381. The molecule has 0 aliphatic heterocycles. The molecule has 3 rings (SSSR count). The molecule has 1 amide bonds. The second-order valence-corrected chi connectivity index (χ2v) is 6.96. The largest absolute Gasteiger partial charge is 0.391 e. The van der Waals surface area contributed by atoms with Gasteiger partial charge in [0, 0.05) is 6.42 Å². The molecule has 126 valence electrons. The van der Waals surface area contributed by atoms with Crippen LogP contribution in [0.2, 0.25) is 0 Å². The summed E-state index contributed by atoms with van der Waals surface area (Å²) in [6.45, 7) is 1.88. The van der Waals surface area contributed by atoms with Crippen molar-refractivity contribution < 1.29 is 9.90 Å². The van der Waals surface area contributed by atoms with Crippen molar-refractivity contribution >= 4 is 5.91 Å². The van der Waals surface area contributed by atoms with Crippen LogP contribution in [0, 0.1) is 5.41 Å². The molecule has 0 heterocycles. The van der Waals surface area contributed by atoms with Crippen LogP contribution in [-0.2, 0) is 17.6 Å². The van der Waals surface area contributed by atoms with Crippen LogP contribution in [-0.4, -0.2) is 23.2 Å². The normalized spacial score (nSPS) is 17.8. The third-order valence-corrected chi connectivity index (χ3v) is 4.94. The predicted molar refractivity (Wildman–Crippen MR) is 95.6 cm³/mol. The van der Waals surface area contributed by atoms with Gasteiger partial charge in [-0.25, -0.2) is 0 Å². The number of hydrogen-bond donors (Lipinski definition) is 2. The summed E-state index contributed by atoms with van der Waals surface area (Å²) >= 11 is 0. The molecule has 2 atom stereocenters. The third-order valence-electron chi connectivity index (χ3n) is 4.94. The van der Waals surface area contributed by atoms with E-state index in [4.69, 9.17) is 0 Å². The Hall–Kier alpha value is -2.13. The zero-order valence-electron chi connectivity index (χ0n) is 14.1. The molecule has 0 radical (unpaired) electrons. The lowest BCUT2D eigenvalue weighted by molar-refractivity contribution is -0.127. The molecule has 2 N–H and O–H groups in total. The van der Waals surface area contributed by atoms with Crippen molar-refractivity contribution in [3.8, 4) is 0 Å². The van der Waals surface area contributed by atoms with E-state index in [1.807, 2.05) is 55.5 Å². The predicted octanol–water partition coefficient (Wildman–Crippen LogP) is 3.12. The van der Waals surface area contributed by atoms with Crippen LogP contribution in [0.15, 0.2) is 60.7 Å². The van der Waals surface area contributed by atoms with Crippen molar-refractivity contribution in [2.75, 3.05) is 0 Å². The van der Waals surface area contributed by atoms with E-state index in [0.29, 0.717) is 6.42 Å². The SMILES string of the molecule is CC(NC(=O)C1(Cc2ccccc2)CC1)C(O)Cc1ccccc1. The van der Waals surface area contributed by atoms with E-state index in [0.717, 1.165) is 24.8 Å². The number of carbonyl (C=O) groups excluding carboxylic acids is 1. The topological polar surface area (TPSA) is 49.3 Å². The number of hydrogen-bond acceptors (Lipinski definition) is 2. The van der Waals surface area contributed by atoms with Gasteiger partial charge in [-0.05, 0) is 37.3 Å². The van der Waals surface area contributed by atoms with Gasteiger partial charge in [0.25, 0.3) is 0 Å². The lowest BCUT2D eigenvalue weighted by atomic mass is 9.94. The van der Waals surface area contributed by atoms with Crippen LogP contribution < -0.4 is 5.32 Å². The quantitative estimate of drug-likeness (QED) is 0.822.